The van der Waals surface area contributed by atoms with Crippen LogP contribution < -0.4 is 9.47 Å². The van der Waals surface area contributed by atoms with E-state index in [0.29, 0.717) is 11.3 Å². The lowest BCUT2D eigenvalue weighted by Gasteiger charge is -2.08. The van der Waals surface area contributed by atoms with Gasteiger partial charge in [0.25, 0.3) is 0 Å². The van der Waals surface area contributed by atoms with Crippen molar-refractivity contribution in [2.45, 2.75) is 12.8 Å². The molecule has 2 aliphatic rings. The van der Waals surface area contributed by atoms with Crippen LogP contribution in [-0.4, -0.2) is 12.6 Å². The van der Waals surface area contributed by atoms with Gasteiger partial charge >= 0.3 is 0 Å². The zero-order valence-corrected chi connectivity index (χ0v) is 11.0. The van der Waals surface area contributed by atoms with Crippen LogP contribution in [0.4, 0.5) is 0 Å². The number of ether oxygens (including phenoxy) is 2. The molecule has 0 fully saturated rings. The molecule has 0 bridgehead atoms. The van der Waals surface area contributed by atoms with Gasteiger partial charge in [0.2, 0.25) is 6.79 Å². The Morgan fingerprint density at radius 3 is 2.40 bits per heavy atom. The normalized spacial score (nSPS) is 16.2. The third kappa shape index (κ3) is 1.78. The number of benzene rings is 2. The predicted octanol–water partition coefficient (Wildman–Crippen LogP) is 3.01. The van der Waals surface area contributed by atoms with Crippen LogP contribution in [0.15, 0.2) is 42.5 Å². The van der Waals surface area contributed by atoms with Crippen LogP contribution in [0.2, 0.25) is 0 Å². The van der Waals surface area contributed by atoms with Crippen LogP contribution in [0.5, 0.6) is 11.5 Å². The Labute approximate surface area is 117 Å². The number of carbonyl (C=O) groups is 1. The Balaban J connectivity index is 1.60. The van der Waals surface area contributed by atoms with Crippen molar-refractivity contribution in [3.8, 4) is 11.5 Å². The van der Waals surface area contributed by atoms with Crippen LogP contribution >= 0.6 is 0 Å². The van der Waals surface area contributed by atoms with E-state index in [2.05, 4.69) is 12.1 Å². The number of ketones is 1. The van der Waals surface area contributed by atoms with Crippen molar-refractivity contribution in [3.63, 3.8) is 0 Å². The zero-order chi connectivity index (χ0) is 13.5. The summed E-state index contributed by atoms with van der Waals surface area (Å²) in [5.41, 5.74) is 3.31. The largest absolute Gasteiger partial charge is 0.454 e. The van der Waals surface area contributed by atoms with E-state index >= 15 is 0 Å². The Hall–Kier alpha value is -2.29. The Bertz CT molecular complexity index is 665. The van der Waals surface area contributed by atoms with Gasteiger partial charge in [-0.1, -0.05) is 24.3 Å². The standard InChI is InChI=1S/C17H14O3/c18-17(13-5-6-15-16(9-13)20-10-19-15)14-7-11-3-1-2-4-12(11)8-14/h1-6,9,14H,7-8,10H2. The molecule has 0 saturated carbocycles. The minimum Gasteiger partial charge on any atom is -0.454 e. The maximum absolute atomic E-state index is 12.6. The lowest BCUT2D eigenvalue weighted by atomic mass is 9.95. The number of Topliss-reactive ketones (excluding diaryl/α,β-unsaturated/α-hetero) is 1. The van der Waals surface area contributed by atoms with Gasteiger partial charge in [-0.25, -0.2) is 0 Å². The minimum absolute atomic E-state index is 0.0489. The minimum atomic E-state index is 0.0489. The Morgan fingerprint density at radius 1 is 0.950 bits per heavy atom. The summed E-state index contributed by atoms with van der Waals surface area (Å²) in [6.07, 6.45) is 1.67. The summed E-state index contributed by atoms with van der Waals surface area (Å²) < 4.78 is 10.6. The summed E-state index contributed by atoms with van der Waals surface area (Å²) in [6, 6.07) is 13.7. The molecular formula is C17H14O3. The van der Waals surface area contributed by atoms with Crippen LogP contribution in [-0.2, 0) is 12.8 Å². The van der Waals surface area contributed by atoms with Crippen LogP contribution in [0.25, 0.3) is 0 Å². The quantitative estimate of drug-likeness (QED) is 0.784. The van der Waals surface area contributed by atoms with Gasteiger partial charge < -0.3 is 9.47 Å². The van der Waals surface area contributed by atoms with Crippen molar-refractivity contribution in [3.05, 3.63) is 59.2 Å². The second kappa shape index (κ2) is 4.37. The van der Waals surface area contributed by atoms with Crippen molar-refractivity contribution in [2.24, 2.45) is 5.92 Å². The van der Waals surface area contributed by atoms with E-state index in [1.807, 2.05) is 24.3 Å². The first-order valence-corrected chi connectivity index (χ1v) is 6.82. The summed E-state index contributed by atoms with van der Waals surface area (Å²) in [5, 5.41) is 0. The molecule has 0 atom stereocenters. The molecule has 0 spiro atoms. The Morgan fingerprint density at radius 2 is 1.65 bits per heavy atom. The molecule has 2 aromatic rings. The molecule has 4 rings (SSSR count). The zero-order valence-electron chi connectivity index (χ0n) is 11.0. The van der Waals surface area contributed by atoms with Gasteiger partial charge in [-0.2, -0.15) is 0 Å². The number of hydrogen-bond acceptors (Lipinski definition) is 3. The van der Waals surface area contributed by atoms with E-state index in [-0.39, 0.29) is 18.5 Å². The van der Waals surface area contributed by atoms with E-state index < -0.39 is 0 Å². The van der Waals surface area contributed by atoms with Gasteiger partial charge in [-0.05, 0) is 42.2 Å². The molecule has 0 unspecified atom stereocenters. The highest BCUT2D eigenvalue weighted by Gasteiger charge is 2.28. The molecule has 20 heavy (non-hydrogen) atoms. The molecule has 1 aliphatic heterocycles. The molecule has 1 heterocycles. The fraction of sp³-hybridized carbons (Fsp3) is 0.235. The second-order valence-electron chi connectivity index (χ2n) is 5.31. The van der Waals surface area contributed by atoms with Crippen molar-refractivity contribution in [2.75, 3.05) is 6.79 Å². The summed E-state index contributed by atoms with van der Waals surface area (Å²) in [7, 11) is 0. The van der Waals surface area contributed by atoms with Crippen molar-refractivity contribution in [1.29, 1.82) is 0 Å². The number of rotatable bonds is 2. The predicted molar refractivity (Wildman–Crippen MR) is 74.2 cm³/mol. The monoisotopic (exact) mass is 266 g/mol. The van der Waals surface area contributed by atoms with E-state index in [0.717, 1.165) is 18.6 Å². The smallest absolute Gasteiger partial charge is 0.231 e. The lowest BCUT2D eigenvalue weighted by molar-refractivity contribution is 0.0924. The maximum Gasteiger partial charge on any atom is 0.231 e. The molecular weight excluding hydrogens is 252 g/mol. The first kappa shape index (κ1) is 11.5. The SMILES string of the molecule is O=C(c1ccc2c(c1)OCO2)C1Cc2ccccc2C1. The molecule has 3 heteroatoms. The fourth-order valence-electron chi connectivity index (χ4n) is 3.03. The maximum atomic E-state index is 12.6. The third-order valence-corrected chi connectivity index (χ3v) is 4.08. The molecule has 0 saturated heterocycles. The highest BCUT2D eigenvalue weighted by Crippen LogP contribution is 2.35. The molecule has 0 aromatic heterocycles. The van der Waals surface area contributed by atoms with E-state index in [4.69, 9.17) is 9.47 Å². The van der Waals surface area contributed by atoms with Crippen molar-refractivity contribution < 1.29 is 14.3 Å². The summed E-state index contributed by atoms with van der Waals surface area (Å²) in [4.78, 5) is 12.6. The highest BCUT2D eigenvalue weighted by molar-refractivity contribution is 5.99. The molecule has 100 valence electrons. The number of hydrogen-bond donors (Lipinski definition) is 0. The highest BCUT2D eigenvalue weighted by atomic mass is 16.7. The molecule has 2 aromatic carbocycles. The van der Waals surface area contributed by atoms with Gasteiger partial charge in [0, 0.05) is 11.5 Å². The van der Waals surface area contributed by atoms with Crippen molar-refractivity contribution in [1.82, 2.24) is 0 Å². The second-order valence-corrected chi connectivity index (χ2v) is 5.31. The molecule has 0 radical (unpaired) electrons. The topological polar surface area (TPSA) is 35.5 Å². The van der Waals surface area contributed by atoms with Crippen molar-refractivity contribution >= 4 is 5.78 Å². The van der Waals surface area contributed by atoms with E-state index in [9.17, 15) is 4.79 Å². The van der Waals surface area contributed by atoms with Gasteiger partial charge in [0.1, 0.15) is 0 Å². The first-order valence-electron chi connectivity index (χ1n) is 6.82. The number of fused-ring (bicyclic) bond motifs is 2. The van der Waals surface area contributed by atoms with Gasteiger partial charge in [0.05, 0.1) is 0 Å². The van der Waals surface area contributed by atoms with Gasteiger partial charge in [-0.15, -0.1) is 0 Å². The van der Waals surface area contributed by atoms with E-state index in [1.165, 1.54) is 11.1 Å². The average molecular weight is 266 g/mol. The van der Waals surface area contributed by atoms with E-state index in [1.54, 1.807) is 6.07 Å². The third-order valence-electron chi connectivity index (χ3n) is 4.08. The summed E-state index contributed by atoms with van der Waals surface area (Å²) in [5.74, 6) is 1.63. The van der Waals surface area contributed by atoms with Crippen LogP contribution in [0.3, 0.4) is 0 Å². The van der Waals surface area contributed by atoms with Crippen LogP contribution in [0.1, 0.15) is 21.5 Å². The summed E-state index contributed by atoms with van der Waals surface area (Å²) in [6.45, 7) is 0.238. The van der Waals surface area contributed by atoms with Crippen LogP contribution in [0, 0.1) is 5.92 Å². The lowest BCUT2D eigenvalue weighted by Crippen LogP contribution is -2.14. The molecule has 0 N–H and O–H groups in total. The average Bonchev–Trinajstić information content (AvgIpc) is 3.11. The molecule has 1 aliphatic carbocycles. The molecule has 0 amide bonds. The first-order chi connectivity index (χ1) is 9.81. The number of carbonyl (C=O) groups excluding carboxylic acids is 1. The Kier molecular flexibility index (Phi) is 2.52. The summed E-state index contributed by atoms with van der Waals surface area (Å²) >= 11 is 0. The molecule has 3 nitrogen and oxygen atoms in total. The fourth-order valence-corrected chi connectivity index (χ4v) is 3.03. The van der Waals surface area contributed by atoms with Gasteiger partial charge in [0.15, 0.2) is 17.3 Å². The van der Waals surface area contributed by atoms with Gasteiger partial charge in [-0.3, -0.25) is 4.79 Å².